The number of rotatable bonds is 8. The Balaban J connectivity index is 1.98. The molecule has 0 aliphatic carbocycles. The van der Waals surface area contributed by atoms with Gasteiger partial charge in [-0.15, -0.1) is 0 Å². The molecule has 6 heteroatoms. The molecule has 0 aliphatic rings. The van der Waals surface area contributed by atoms with Crippen LogP contribution in [0.5, 0.6) is 0 Å². The number of methoxy groups -OCH3 is 1. The second-order valence-corrected chi connectivity index (χ2v) is 7.00. The SMILES string of the molecule is CCNC(=NCc1ccc(Cn2ccccc2=O)cc1)NCC(C)(C)OC. The number of ether oxygens (including phenoxy) is 1. The Labute approximate surface area is 161 Å². The van der Waals surface area contributed by atoms with E-state index in [0.717, 1.165) is 23.6 Å². The quantitative estimate of drug-likeness (QED) is 0.553. The van der Waals surface area contributed by atoms with Crippen LogP contribution in [0.4, 0.5) is 0 Å². The van der Waals surface area contributed by atoms with E-state index in [1.54, 1.807) is 30.0 Å². The van der Waals surface area contributed by atoms with Gasteiger partial charge in [-0.2, -0.15) is 0 Å². The topological polar surface area (TPSA) is 67.7 Å². The Morgan fingerprint density at radius 1 is 1.11 bits per heavy atom. The van der Waals surface area contributed by atoms with Gasteiger partial charge < -0.3 is 19.9 Å². The monoisotopic (exact) mass is 370 g/mol. The molecule has 0 saturated carbocycles. The third kappa shape index (κ3) is 6.90. The Morgan fingerprint density at radius 3 is 2.44 bits per heavy atom. The lowest BCUT2D eigenvalue weighted by Crippen LogP contribution is -2.45. The van der Waals surface area contributed by atoms with Crippen LogP contribution < -0.4 is 16.2 Å². The molecule has 0 fully saturated rings. The number of nitrogens with one attached hydrogen (secondary N) is 2. The molecular weight excluding hydrogens is 340 g/mol. The number of nitrogens with zero attached hydrogens (tertiary/aromatic N) is 2. The van der Waals surface area contributed by atoms with E-state index in [1.165, 1.54) is 0 Å². The molecule has 1 heterocycles. The van der Waals surface area contributed by atoms with Crippen molar-refractivity contribution in [2.75, 3.05) is 20.2 Å². The zero-order valence-electron chi connectivity index (χ0n) is 16.7. The molecule has 0 atom stereocenters. The third-order valence-electron chi connectivity index (χ3n) is 4.27. The number of hydrogen-bond acceptors (Lipinski definition) is 3. The van der Waals surface area contributed by atoms with Crippen LogP contribution in [0.1, 0.15) is 31.9 Å². The average molecular weight is 370 g/mol. The van der Waals surface area contributed by atoms with Crippen LogP contribution in [-0.2, 0) is 17.8 Å². The van der Waals surface area contributed by atoms with Gasteiger partial charge in [0.2, 0.25) is 0 Å². The maximum atomic E-state index is 11.8. The van der Waals surface area contributed by atoms with Crippen LogP contribution in [0.2, 0.25) is 0 Å². The van der Waals surface area contributed by atoms with E-state index in [4.69, 9.17) is 4.74 Å². The molecule has 0 spiro atoms. The van der Waals surface area contributed by atoms with Crippen LogP contribution in [0.25, 0.3) is 0 Å². The van der Waals surface area contributed by atoms with Crippen molar-refractivity contribution in [2.24, 2.45) is 4.99 Å². The van der Waals surface area contributed by atoms with Crippen LogP contribution in [0, 0.1) is 0 Å². The molecule has 146 valence electrons. The van der Waals surface area contributed by atoms with Crippen molar-refractivity contribution in [3.8, 4) is 0 Å². The molecule has 0 saturated heterocycles. The summed E-state index contributed by atoms with van der Waals surface area (Å²) in [5.74, 6) is 0.766. The fraction of sp³-hybridized carbons (Fsp3) is 0.429. The largest absolute Gasteiger partial charge is 0.377 e. The lowest BCUT2D eigenvalue weighted by atomic mass is 10.1. The number of pyridine rings is 1. The minimum atomic E-state index is -0.257. The van der Waals surface area contributed by atoms with Gasteiger partial charge >= 0.3 is 0 Å². The zero-order chi connectivity index (χ0) is 19.7. The summed E-state index contributed by atoms with van der Waals surface area (Å²) in [6.07, 6.45) is 1.80. The molecule has 0 radical (unpaired) electrons. The summed E-state index contributed by atoms with van der Waals surface area (Å²) in [6, 6.07) is 13.4. The number of benzene rings is 1. The molecule has 2 rings (SSSR count). The van der Waals surface area contributed by atoms with Gasteiger partial charge in [-0.1, -0.05) is 30.3 Å². The van der Waals surface area contributed by atoms with E-state index in [1.807, 2.05) is 39.0 Å². The summed E-state index contributed by atoms with van der Waals surface area (Å²) in [7, 11) is 1.71. The first-order valence-corrected chi connectivity index (χ1v) is 9.24. The second-order valence-electron chi connectivity index (χ2n) is 7.00. The van der Waals surface area contributed by atoms with E-state index in [9.17, 15) is 4.79 Å². The van der Waals surface area contributed by atoms with Crippen molar-refractivity contribution < 1.29 is 4.74 Å². The second kappa shape index (κ2) is 9.92. The van der Waals surface area contributed by atoms with Crippen molar-refractivity contribution in [1.29, 1.82) is 0 Å². The first kappa shape index (κ1) is 20.7. The van der Waals surface area contributed by atoms with E-state index in [0.29, 0.717) is 19.6 Å². The highest BCUT2D eigenvalue weighted by Gasteiger charge is 2.16. The van der Waals surface area contributed by atoms with Crippen LogP contribution in [0.15, 0.2) is 58.4 Å². The maximum absolute atomic E-state index is 11.8. The summed E-state index contributed by atoms with van der Waals surface area (Å²) in [4.78, 5) is 16.4. The van der Waals surface area contributed by atoms with Crippen LogP contribution in [-0.4, -0.2) is 36.3 Å². The molecule has 2 N–H and O–H groups in total. The molecule has 0 bridgehead atoms. The first-order chi connectivity index (χ1) is 12.9. The van der Waals surface area contributed by atoms with Gasteiger partial charge in [0.05, 0.1) is 18.7 Å². The van der Waals surface area contributed by atoms with E-state index in [2.05, 4.69) is 27.8 Å². The van der Waals surface area contributed by atoms with Gasteiger partial charge in [0.1, 0.15) is 0 Å². The van der Waals surface area contributed by atoms with Gasteiger partial charge in [0, 0.05) is 32.5 Å². The van der Waals surface area contributed by atoms with Gasteiger partial charge in [-0.05, 0) is 38.0 Å². The number of guanidine groups is 1. The highest BCUT2D eigenvalue weighted by atomic mass is 16.5. The standard InChI is InChI=1S/C21H30N4O2/c1-5-22-20(24-16-21(2,3)27-4)23-14-17-9-11-18(12-10-17)15-25-13-7-6-8-19(25)26/h6-13H,5,14-16H2,1-4H3,(H2,22,23,24). The molecule has 1 aromatic carbocycles. The third-order valence-corrected chi connectivity index (χ3v) is 4.27. The normalized spacial score (nSPS) is 12.1. The minimum Gasteiger partial charge on any atom is -0.377 e. The minimum absolute atomic E-state index is 0.00603. The fourth-order valence-corrected chi connectivity index (χ4v) is 2.42. The lowest BCUT2D eigenvalue weighted by molar-refractivity contribution is 0.0268. The maximum Gasteiger partial charge on any atom is 0.250 e. The predicted molar refractivity (Wildman–Crippen MR) is 110 cm³/mol. The smallest absolute Gasteiger partial charge is 0.250 e. The highest BCUT2D eigenvalue weighted by Crippen LogP contribution is 2.08. The van der Waals surface area contributed by atoms with E-state index >= 15 is 0 Å². The zero-order valence-corrected chi connectivity index (χ0v) is 16.7. The molecular formula is C21H30N4O2. The van der Waals surface area contributed by atoms with Crippen molar-refractivity contribution in [1.82, 2.24) is 15.2 Å². The number of aliphatic imine (C=N–C) groups is 1. The Morgan fingerprint density at radius 2 is 1.81 bits per heavy atom. The van der Waals surface area contributed by atoms with Crippen LogP contribution >= 0.6 is 0 Å². The van der Waals surface area contributed by atoms with Crippen molar-refractivity contribution in [3.05, 3.63) is 70.1 Å². The molecule has 6 nitrogen and oxygen atoms in total. The molecule has 27 heavy (non-hydrogen) atoms. The van der Waals surface area contributed by atoms with Crippen molar-refractivity contribution in [3.63, 3.8) is 0 Å². The van der Waals surface area contributed by atoms with Gasteiger partial charge in [0.25, 0.3) is 5.56 Å². The Kier molecular flexibility index (Phi) is 7.61. The van der Waals surface area contributed by atoms with Gasteiger partial charge in [-0.25, -0.2) is 4.99 Å². The summed E-state index contributed by atoms with van der Waals surface area (Å²) in [5.41, 5.74) is 1.95. The van der Waals surface area contributed by atoms with Crippen LogP contribution in [0.3, 0.4) is 0 Å². The molecule has 2 aromatic rings. The summed E-state index contributed by atoms with van der Waals surface area (Å²) in [5, 5.41) is 6.55. The summed E-state index contributed by atoms with van der Waals surface area (Å²) < 4.78 is 7.12. The first-order valence-electron chi connectivity index (χ1n) is 9.24. The van der Waals surface area contributed by atoms with Crippen molar-refractivity contribution in [2.45, 2.75) is 39.5 Å². The average Bonchev–Trinajstić information content (AvgIpc) is 2.67. The van der Waals surface area contributed by atoms with Gasteiger partial charge in [-0.3, -0.25) is 4.79 Å². The van der Waals surface area contributed by atoms with E-state index < -0.39 is 0 Å². The number of hydrogen-bond donors (Lipinski definition) is 2. The molecule has 0 aliphatic heterocycles. The number of aromatic nitrogens is 1. The van der Waals surface area contributed by atoms with Crippen molar-refractivity contribution >= 4 is 5.96 Å². The fourth-order valence-electron chi connectivity index (χ4n) is 2.42. The molecule has 0 unspecified atom stereocenters. The Hall–Kier alpha value is -2.60. The summed E-state index contributed by atoms with van der Waals surface area (Å²) >= 11 is 0. The lowest BCUT2D eigenvalue weighted by Gasteiger charge is -2.24. The van der Waals surface area contributed by atoms with E-state index in [-0.39, 0.29) is 11.2 Å². The highest BCUT2D eigenvalue weighted by molar-refractivity contribution is 5.79. The summed E-state index contributed by atoms with van der Waals surface area (Å²) in [6.45, 7) is 8.71. The molecule has 1 aromatic heterocycles. The predicted octanol–water partition coefficient (Wildman–Crippen LogP) is 2.38. The van der Waals surface area contributed by atoms with Gasteiger partial charge in [0.15, 0.2) is 5.96 Å². The Bertz CT molecular complexity index is 794. The molecule has 0 amide bonds.